The summed E-state index contributed by atoms with van der Waals surface area (Å²) >= 11 is 0. The number of likely N-dealkylation sites (tertiary alicyclic amines) is 1. The van der Waals surface area contributed by atoms with Crippen molar-refractivity contribution < 1.29 is 0 Å². The van der Waals surface area contributed by atoms with E-state index in [-0.39, 0.29) is 0 Å². The molecule has 1 saturated heterocycles. The van der Waals surface area contributed by atoms with Gasteiger partial charge in [-0.05, 0) is 38.3 Å². The van der Waals surface area contributed by atoms with E-state index in [1.807, 2.05) is 24.4 Å². The molecule has 3 nitrogen and oxygen atoms in total. The second-order valence-electron chi connectivity index (χ2n) is 5.07. The van der Waals surface area contributed by atoms with Crippen LogP contribution in [-0.4, -0.2) is 34.6 Å². The number of nitrogens with one attached hydrogen (secondary N) is 1. The Bertz CT molecular complexity index is 347. The minimum atomic E-state index is 0.575. The lowest BCUT2D eigenvalue weighted by Crippen LogP contribution is -2.31. The van der Waals surface area contributed by atoms with Gasteiger partial charge in [-0.2, -0.15) is 0 Å². The van der Waals surface area contributed by atoms with Crippen molar-refractivity contribution in [2.24, 2.45) is 0 Å². The molecule has 1 aromatic rings. The van der Waals surface area contributed by atoms with Crippen LogP contribution in [-0.2, 0) is 0 Å². The number of anilines is 1. The van der Waals surface area contributed by atoms with Crippen LogP contribution in [0.2, 0.25) is 0 Å². The SMILES string of the molecule is CC1CC(Nc2ccccn2)CN1C1CC1. The number of hydrogen-bond acceptors (Lipinski definition) is 3. The number of rotatable bonds is 3. The Hall–Kier alpha value is -1.09. The molecule has 1 saturated carbocycles. The third-order valence-electron chi connectivity index (χ3n) is 3.66. The summed E-state index contributed by atoms with van der Waals surface area (Å²) < 4.78 is 0. The van der Waals surface area contributed by atoms with Crippen LogP contribution < -0.4 is 5.32 Å². The molecule has 0 bridgehead atoms. The van der Waals surface area contributed by atoms with Crippen LogP contribution in [0, 0.1) is 0 Å². The van der Waals surface area contributed by atoms with Crippen LogP contribution in [0.3, 0.4) is 0 Å². The van der Waals surface area contributed by atoms with Crippen molar-refractivity contribution in [2.45, 2.75) is 44.3 Å². The zero-order valence-corrected chi connectivity index (χ0v) is 9.76. The van der Waals surface area contributed by atoms with Gasteiger partial charge < -0.3 is 5.32 Å². The second kappa shape index (κ2) is 4.06. The lowest BCUT2D eigenvalue weighted by Gasteiger charge is -2.19. The van der Waals surface area contributed by atoms with Crippen molar-refractivity contribution in [3.05, 3.63) is 24.4 Å². The average molecular weight is 217 g/mol. The summed E-state index contributed by atoms with van der Waals surface area (Å²) in [4.78, 5) is 6.98. The largest absolute Gasteiger partial charge is 0.366 e. The lowest BCUT2D eigenvalue weighted by molar-refractivity contribution is 0.257. The summed E-state index contributed by atoms with van der Waals surface area (Å²) in [5, 5.41) is 3.53. The van der Waals surface area contributed by atoms with Crippen LogP contribution in [0.5, 0.6) is 0 Å². The van der Waals surface area contributed by atoms with Crippen LogP contribution in [0.4, 0.5) is 5.82 Å². The highest BCUT2D eigenvalue weighted by Gasteiger charge is 2.38. The van der Waals surface area contributed by atoms with Gasteiger partial charge in [-0.15, -0.1) is 0 Å². The first-order chi connectivity index (χ1) is 7.83. The predicted molar refractivity (Wildman–Crippen MR) is 65.5 cm³/mol. The molecule has 3 heteroatoms. The smallest absolute Gasteiger partial charge is 0.126 e. The van der Waals surface area contributed by atoms with Crippen molar-refractivity contribution in [3.63, 3.8) is 0 Å². The zero-order chi connectivity index (χ0) is 11.0. The molecule has 1 aromatic heterocycles. The molecule has 0 radical (unpaired) electrons. The molecular weight excluding hydrogens is 198 g/mol. The van der Waals surface area contributed by atoms with Gasteiger partial charge in [0.05, 0.1) is 0 Å². The molecule has 2 aliphatic rings. The monoisotopic (exact) mass is 217 g/mol. The summed E-state index contributed by atoms with van der Waals surface area (Å²) in [5.74, 6) is 1.01. The Morgan fingerprint density at radius 3 is 2.94 bits per heavy atom. The third kappa shape index (κ3) is 2.05. The Morgan fingerprint density at radius 2 is 2.25 bits per heavy atom. The van der Waals surface area contributed by atoms with Gasteiger partial charge in [0, 0.05) is 30.9 Å². The van der Waals surface area contributed by atoms with Crippen LogP contribution in [0.25, 0.3) is 0 Å². The molecule has 2 atom stereocenters. The molecule has 86 valence electrons. The highest BCUT2D eigenvalue weighted by Crippen LogP contribution is 2.33. The van der Waals surface area contributed by atoms with Gasteiger partial charge in [0.25, 0.3) is 0 Å². The van der Waals surface area contributed by atoms with Crippen LogP contribution in [0.15, 0.2) is 24.4 Å². The molecular formula is C13H19N3. The minimum Gasteiger partial charge on any atom is -0.366 e. The van der Waals surface area contributed by atoms with E-state index in [1.54, 1.807) is 0 Å². The normalized spacial score (nSPS) is 30.6. The predicted octanol–water partition coefficient (Wildman–Crippen LogP) is 2.12. The van der Waals surface area contributed by atoms with Crippen molar-refractivity contribution in [1.82, 2.24) is 9.88 Å². The van der Waals surface area contributed by atoms with Crippen LogP contribution in [0.1, 0.15) is 26.2 Å². The molecule has 1 N–H and O–H groups in total. The fraction of sp³-hybridized carbons (Fsp3) is 0.615. The topological polar surface area (TPSA) is 28.2 Å². The Kier molecular flexibility index (Phi) is 2.56. The first-order valence-electron chi connectivity index (χ1n) is 6.26. The first kappa shape index (κ1) is 10.1. The second-order valence-corrected chi connectivity index (χ2v) is 5.07. The number of nitrogens with zero attached hydrogens (tertiary/aromatic N) is 2. The maximum absolute atomic E-state index is 4.32. The summed E-state index contributed by atoms with van der Waals surface area (Å²) in [6.07, 6.45) is 5.90. The van der Waals surface area contributed by atoms with Crippen molar-refractivity contribution in [1.29, 1.82) is 0 Å². The molecule has 1 aliphatic heterocycles. The number of pyridine rings is 1. The molecule has 16 heavy (non-hydrogen) atoms. The number of hydrogen-bond donors (Lipinski definition) is 1. The summed E-state index contributed by atoms with van der Waals surface area (Å²) in [7, 11) is 0. The number of aromatic nitrogens is 1. The fourth-order valence-corrected chi connectivity index (χ4v) is 2.73. The highest BCUT2D eigenvalue weighted by atomic mass is 15.3. The molecule has 2 unspecified atom stereocenters. The van der Waals surface area contributed by atoms with Crippen molar-refractivity contribution >= 4 is 5.82 Å². The quantitative estimate of drug-likeness (QED) is 0.840. The zero-order valence-electron chi connectivity index (χ0n) is 9.76. The van der Waals surface area contributed by atoms with Gasteiger partial charge in [0.15, 0.2) is 0 Å². The Labute approximate surface area is 96.9 Å². The summed E-state index contributed by atoms with van der Waals surface area (Å²) in [6.45, 7) is 3.53. The van der Waals surface area contributed by atoms with E-state index in [9.17, 15) is 0 Å². The molecule has 3 rings (SSSR count). The molecule has 0 amide bonds. The van der Waals surface area contributed by atoms with Gasteiger partial charge in [-0.3, -0.25) is 4.90 Å². The van der Waals surface area contributed by atoms with E-state index in [0.29, 0.717) is 6.04 Å². The molecule has 2 fully saturated rings. The molecule has 1 aliphatic carbocycles. The molecule has 2 heterocycles. The summed E-state index contributed by atoms with van der Waals surface area (Å²) in [6, 6.07) is 8.22. The highest BCUT2D eigenvalue weighted by molar-refractivity contribution is 5.35. The van der Waals surface area contributed by atoms with E-state index < -0.39 is 0 Å². The van der Waals surface area contributed by atoms with Gasteiger partial charge in [0.2, 0.25) is 0 Å². The first-order valence-corrected chi connectivity index (χ1v) is 6.26. The Morgan fingerprint density at radius 1 is 1.38 bits per heavy atom. The maximum Gasteiger partial charge on any atom is 0.126 e. The van der Waals surface area contributed by atoms with E-state index >= 15 is 0 Å². The van der Waals surface area contributed by atoms with Crippen molar-refractivity contribution in [2.75, 3.05) is 11.9 Å². The molecule has 0 aromatic carbocycles. The van der Waals surface area contributed by atoms with E-state index in [1.165, 1.54) is 25.8 Å². The van der Waals surface area contributed by atoms with Gasteiger partial charge in [-0.1, -0.05) is 6.07 Å². The van der Waals surface area contributed by atoms with E-state index in [0.717, 1.165) is 17.9 Å². The third-order valence-corrected chi connectivity index (χ3v) is 3.66. The van der Waals surface area contributed by atoms with Gasteiger partial charge in [-0.25, -0.2) is 4.98 Å². The maximum atomic E-state index is 4.32. The van der Waals surface area contributed by atoms with Gasteiger partial charge >= 0.3 is 0 Å². The standard InChI is InChI=1S/C13H19N3/c1-10-8-11(9-16(10)12-5-6-12)15-13-4-2-3-7-14-13/h2-4,7,10-12H,5-6,8-9H2,1H3,(H,14,15). The Balaban J connectivity index is 1.61. The van der Waals surface area contributed by atoms with Gasteiger partial charge in [0.1, 0.15) is 5.82 Å². The van der Waals surface area contributed by atoms with E-state index in [2.05, 4.69) is 22.1 Å². The average Bonchev–Trinajstić information content (AvgIpc) is 3.06. The van der Waals surface area contributed by atoms with Crippen molar-refractivity contribution in [3.8, 4) is 0 Å². The minimum absolute atomic E-state index is 0.575. The molecule has 0 spiro atoms. The summed E-state index contributed by atoms with van der Waals surface area (Å²) in [5.41, 5.74) is 0. The lowest BCUT2D eigenvalue weighted by atomic mass is 10.2. The fourth-order valence-electron chi connectivity index (χ4n) is 2.73. The van der Waals surface area contributed by atoms with E-state index in [4.69, 9.17) is 0 Å². The van der Waals surface area contributed by atoms with Crippen LogP contribution >= 0.6 is 0 Å².